The van der Waals surface area contributed by atoms with Gasteiger partial charge in [0.2, 0.25) is 0 Å². The molecular formula is C67H47N3. The number of anilines is 3. The number of para-hydroxylation sites is 4. The van der Waals surface area contributed by atoms with Crippen molar-refractivity contribution in [2.45, 2.75) is 19.3 Å². The molecule has 0 saturated carbocycles. The zero-order valence-electron chi connectivity index (χ0n) is 39.1. The second kappa shape index (κ2) is 15.0. The second-order valence-electron chi connectivity index (χ2n) is 19.3. The topological polar surface area (TPSA) is 13.1 Å². The molecule has 0 radical (unpaired) electrons. The summed E-state index contributed by atoms with van der Waals surface area (Å²) in [6.45, 7) is 13.9. The van der Waals surface area contributed by atoms with Gasteiger partial charge in [0, 0.05) is 71.4 Å². The van der Waals surface area contributed by atoms with Crippen LogP contribution in [0.3, 0.4) is 0 Å². The molecule has 11 aromatic carbocycles. The number of fused-ring (bicyclic) bond motifs is 16. The van der Waals surface area contributed by atoms with Gasteiger partial charge in [0.15, 0.2) is 0 Å². The summed E-state index contributed by atoms with van der Waals surface area (Å²) in [6.07, 6.45) is 4.13. The molecule has 0 amide bonds. The Bertz CT molecular complexity index is 4310. The van der Waals surface area contributed by atoms with Gasteiger partial charge in [-0.2, -0.15) is 0 Å². The molecule has 0 aliphatic heterocycles. The highest BCUT2D eigenvalue weighted by Gasteiger charge is 2.37. The van der Waals surface area contributed by atoms with E-state index in [1.54, 1.807) is 0 Å². The van der Waals surface area contributed by atoms with E-state index < -0.39 is 0 Å². The van der Waals surface area contributed by atoms with E-state index in [4.69, 9.17) is 0 Å². The first kappa shape index (κ1) is 40.2. The number of hydrogen-bond donors (Lipinski definition) is 0. The van der Waals surface area contributed by atoms with Crippen molar-refractivity contribution in [2.24, 2.45) is 0 Å². The quantitative estimate of drug-likeness (QED) is 0.145. The van der Waals surface area contributed by atoms with Gasteiger partial charge in [0.25, 0.3) is 0 Å². The van der Waals surface area contributed by atoms with Crippen LogP contribution in [0.4, 0.5) is 17.1 Å². The summed E-state index contributed by atoms with van der Waals surface area (Å²) >= 11 is 0. The number of hydrogen-bond acceptors (Lipinski definition) is 1. The molecule has 2 aromatic heterocycles. The van der Waals surface area contributed by atoms with E-state index in [9.17, 15) is 0 Å². The van der Waals surface area contributed by atoms with Crippen molar-refractivity contribution in [3.63, 3.8) is 0 Å². The highest BCUT2D eigenvalue weighted by molar-refractivity contribution is 6.41. The number of benzene rings is 11. The van der Waals surface area contributed by atoms with Crippen molar-refractivity contribution < 1.29 is 0 Å². The number of rotatable bonds is 7. The van der Waals surface area contributed by atoms with E-state index in [-0.39, 0.29) is 5.41 Å². The van der Waals surface area contributed by atoms with Crippen LogP contribution in [0.1, 0.15) is 36.1 Å². The molecule has 3 nitrogen and oxygen atoms in total. The molecular weight excluding hydrogens is 847 g/mol. The fraction of sp³-hybridized carbons (Fsp3) is 0.0448. The SMILES string of the molecule is C=Cc1c(C=C)c2c(c3ccccc3n2-c2ccc3c(c2)C(C)(C)c2cc(N(c4ccccc4)c4ccccc4)ccc2-3)c2c1c1ccccc1c1c2c2ccccc2n1-c1cccc2ccccc12. The van der Waals surface area contributed by atoms with Crippen LogP contribution >= 0.6 is 0 Å². The van der Waals surface area contributed by atoms with E-state index in [0.717, 1.165) is 44.9 Å². The van der Waals surface area contributed by atoms with E-state index in [1.165, 1.54) is 92.8 Å². The Hall–Kier alpha value is -8.92. The third-order valence-corrected chi connectivity index (χ3v) is 15.4. The van der Waals surface area contributed by atoms with Crippen molar-refractivity contribution in [3.05, 3.63) is 248 Å². The summed E-state index contributed by atoms with van der Waals surface area (Å²) in [6, 6.07) is 77.9. The monoisotopic (exact) mass is 893 g/mol. The van der Waals surface area contributed by atoms with Crippen LogP contribution in [0.2, 0.25) is 0 Å². The molecule has 1 aliphatic carbocycles. The molecule has 330 valence electrons. The Labute approximate surface area is 406 Å². The fourth-order valence-electron chi connectivity index (χ4n) is 12.4. The van der Waals surface area contributed by atoms with Crippen molar-refractivity contribution in [2.75, 3.05) is 4.90 Å². The standard InChI is InChI=1S/C67H47N3/c1-5-47-48(6-2)65-62(64-61(47)52-29-15-16-30-53(52)66-63(64)55-32-18-20-34-60(55)70(66)58-35-21-23-42-22-13-14-28-49(42)58)54-31-17-19-33-59(54)69(65)46-37-39-51-50-38-36-45(40-56(50)67(3,4)57(51)41-46)68(43-24-9-7-10-25-43)44-26-11-8-12-27-44/h5-41H,1-2H2,3-4H3. The smallest absolute Gasteiger partial charge is 0.0626 e. The van der Waals surface area contributed by atoms with Gasteiger partial charge in [-0.1, -0.05) is 185 Å². The molecule has 1 aliphatic rings. The lowest BCUT2D eigenvalue weighted by molar-refractivity contribution is 0.660. The molecule has 13 aromatic rings. The van der Waals surface area contributed by atoms with Gasteiger partial charge >= 0.3 is 0 Å². The maximum absolute atomic E-state index is 4.57. The molecule has 0 bridgehead atoms. The van der Waals surface area contributed by atoms with Crippen LogP contribution in [-0.4, -0.2) is 9.13 Å². The van der Waals surface area contributed by atoms with Crippen LogP contribution in [0.5, 0.6) is 0 Å². The van der Waals surface area contributed by atoms with Gasteiger partial charge < -0.3 is 14.0 Å². The van der Waals surface area contributed by atoms with Gasteiger partial charge in [-0.15, -0.1) is 0 Å². The predicted octanol–water partition coefficient (Wildman–Crippen LogP) is 18.4. The summed E-state index contributed by atoms with van der Waals surface area (Å²) in [5.41, 5.74) is 17.4. The van der Waals surface area contributed by atoms with Gasteiger partial charge in [-0.05, 0) is 111 Å². The van der Waals surface area contributed by atoms with Crippen molar-refractivity contribution >= 4 is 105 Å². The maximum Gasteiger partial charge on any atom is 0.0626 e. The molecule has 0 unspecified atom stereocenters. The van der Waals surface area contributed by atoms with Crippen molar-refractivity contribution in [1.29, 1.82) is 0 Å². The van der Waals surface area contributed by atoms with Gasteiger partial charge in [0.1, 0.15) is 0 Å². The van der Waals surface area contributed by atoms with Gasteiger partial charge in [-0.25, -0.2) is 0 Å². The van der Waals surface area contributed by atoms with Crippen LogP contribution in [0.25, 0.3) is 111 Å². The summed E-state index contributed by atoms with van der Waals surface area (Å²) in [5, 5.41) is 12.1. The minimum atomic E-state index is -0.288. The third kappa shape index (κ3) is 5.46. The van der Waals surface area contributed by atoms with Gasteiger partial charge in [0.05, 0.1) is 27.8 Å². The summed E-state index contributed by atoms with van der Waals surface area (Å²) < 4.78 is 5.04. The minimum Gasteiger partial charge on any atom is -0.310 e. The highest BCUT2D eigenvalue weighted by atomic mass is 15.1. The average Bonchev–Trinajstić information content (AvgIpc) is 4.02. The lowest BCUT2D eigenvalue weighted by Crippen LogP contribution is -2.17. The minimum absolute atomic E-state index is 0.288. The first-order valence-electron chi connectivity index (χ1n) is 24.3. The van der Waals surface area contributed by atoms with E-state index >= 15 is 0 Å². The zero-order valence-corrected chi connectivity index (χ0v) is 39.1. The molecule has 0 saturated heterocycles. The Balaban J connectivity index is 1.07. The van der Waals surface area contributed by atoms with Crippen LogP contribution < -0.4 is 4.90 Å². The van der Waals surface area contributed by atoms with Crippen molar-refractivity contribution in [1.82, 2.24) is 9.13 Å². The first-order valence-corrected chi connectivity index (χ1v) is 24.3. The molecule has 0 fully saturated rings. The maximum atomic E-state index is 4.57. The lowest BCUT2D eigenvalue weighted by atomic mass is 9.82. The Morgan fingerprint density at radius 3 is 1.60 bits per heavy atom. The van der Waals surface area contributed by atoms with Crippen LogP contribution in [-0.2, 0) is 5.41 Å². The van der Waals surface area contributed by atoms with Crippen LogP contribution in [0.15, 0.2) is 225 Å². The lowest BCUT2D eigenvalue weighted by Gasteiger charge is -2.28. The molecule has 14 rings (SSSR count). The van der Waals surface area contributed by atoms with E-state index in [0.29, 0.717) is 0 Å². The van der Waals surface area contributed by atoms with Crippen LogP contribution in [0, 0.1) is 0 Å². The Kier molecular flexibility index (Phi) is 8.63. The number of aromatic nitrogens is 2. The van der Waals surface area contributed by atoms with Crippen molar-refractivity contribution in [3.8, 4) is 22.5 Å². The molecule has 70 heavy (non-hydrogen) atoms. The highest BCUT2D eigenvalue weighted by Crippen LogP contribution is 2.54. The normalized spacial score (nSPS) is 12.9. The van der Waals surface area contributed by atoms with E-state index in [1.807, 2.05) is 0 Å². The zero-order chi connectivity index (χ0) is 46.8. The molecule has 0 N–H and O–H groups in total. The average molecular weight is 894 g/mol. The third-order valence-electron chi connectivity index (χ3n) is 15.4. The molecule has 3 heteroatoms. The summed E-state index contributed by atoms with van der Waals surface area (Å²) in [7, 11) is 0. The molecule has 0 spiro atoms. The molecule has 0 atom stereocenters. The predicted molar refractivity (Wildman–Crippen MR) is 300 cm³/mol. The first-order chi connectivity index (χ1) is 34.5. The van der Waals surface area contributed by atoms with E-state index in [2.05, 4.69) is 266 Å². The van der Waals surface area contributed by atoms with Gasteiger partial charge in [-0.3, -0.25) is 0 Å². The Morgan fingerprint density at radius 2 is 0.929 bits per heavy atom. The largest absolute Gasteiger partial charge is 0.310 e. The summed E-state index contributed by atoms with van der Waals surface area (Å²) in [5.74, 6) is 0. The summed E-state index contributed by atoms with van der Waals surface area (Å²) in [4.78, 5) is 2.36. The number of nitrogens with zero attached hydrogens (tertiary/aromatic N) is 3. The molecule has 2 heterocycles. The fourth-order valence-corrected chi connectivity index (χ4v) is 12.4. The Morgan fingerprint density at radius 1 is 0.400 bits per heavy atom. The second-order valence-corrected chi connectivity index (χ2v) is 19.3.